The average molecular weight is 252 g/mol. The Labute approximate surface area is 91.8 Å². The Kier molecular flexibility index (Phi) is 3.73. The molecule has 0 aromatic heterocycles. The molecule has 0 radical (unpaired) electrons. The standard InChI is InChI=1S/C11H10BrNO/c1-3-6-13-11(14)9-7-8(2)4-5-10(9)12/h1,4-5,7H,6H2,2H3,(H,13,14). The van der Waals surface area contributed by atoms with Crippen molar-refractivity contribution in [1.29, 1.82) is 0 Å². The van der Waals surface area contributed by atoms with E-state index in [-0.39, 0.29) is 12.5 Å². The Bertz CT molecular complexity index is 393. The van der Waals surface area contributed by atoms with E-state index < -0.39 is 0 Å². The number of aryl methyl sites for hydroxylation is 1. The fourth-order valence-electron chi connectivity index (χ4n) is 1.04. The van der Waals surface area contributed by atoms with Gasteiger partial charge in [0.05, 0.1) is 12.1 Å². The number of halogens is 1. The predicted molar refractivity (Wildman–Crippen MR) is 60.0 cm³/mol. The highest BCUT2D eigenvalue weighted by molar-refractivity contribution is 9.10. The summed E-state index contributed by atoms with van der Waals surface area (Å²) in [5.74, 6) is 2.20. The second kappa shape index (κ2) is 4.83. The molecule has 1 rings (SSSR count). The Morgan fingerprint density at radius 2 is 2.36 bits per heavy atom. The molecule has 3 heteroatoms. The van der Waals surface area contributed by atoms with Gasteiger partial charge in [-0.25, -0.2) is 0 Å². The molecule has 0 spiro atoms. The van der Waals surface area contributed by atoms with Crippen molar-refractivity contribution in [2.24, 2.45) is 0 Å². The molecule has 0 atom stereocenters. The Balaban J connectivity index is 2.90. The van der Waals surface area contributed by atoms with Gasteiger partial charge >= 0.3 is 0 Å². The van der Waals surface area contributed by atoms with Crippen molar-refractivity contribution in [3.8, 4) is 12.3 Å². The molecule has 1 amide bonds. The summed E-state index contributed by atoms with van der Waals surface area (Å²) in [7, 11) is 0. The van der Waals surface area contributed by atoms with Crippen molar-refractivity contribution in [2.75, 3.05) is 6.54 Å². The summed E-state index contributed by atoms with van der Waals surface area (Å²) in [5.41, 5.74) is 1.65. The second-order valence-electron chi connectivity index (χ2n) is 2.87. The summed E-state index contributed by atoms with van der Waals surface area (Å²) >= 11 is 3.31. The van der Waals surface area contributed by atoms with E-state index in [1.165, 1.54) is 0 Å². The zero-order valence-electron chi connectivity index (χ0n) is 7.80. The van der Waals surface area contributed by atoms with Crippen molar-refractivity contribution in [1.82, 2.24) is 5.32 Å². The first kappa shape index (κ1) is 10.8. The van der Waals surface area contributed by atoms with Crippen molar-refractivity contribution in [2.45, 2.75) is 6.92 Å². The highest BCUT2D eigenvalue weighted by Crippen LogP contribution is 2.17. The number of rotatable bonds is 2. The minimum Gasteiger partial charge on any atom is -0.341 e. The minimum absolute atomic E-state index is 0.154. The van der Waals surface area contributed by atoms with Gasteiger partial charge in [0.1, 0.15) is 0 Å². The molecule has 0 heterocycles. The zero-order valence-corrected chi connectivity index (χ0v) is 9.39. The lowest BCUT2D eigenvalue weighted by atomic mass is 10.1. The van der Waals surface area contributed by atoms with E-state index in [4.69, 9.17) is 6.42 Å². The molecule has 0 aliphatic heterocycles. The summed E-state index contributed by atoms with van der Waals surface area (Å²) in [6, 6.07) is 5.60. The molecule has 0 unspecified atom stereocenters. The maximum absolute atomic E-state index is 11.5. The molecule has 0 bridgehead atoms. The molecule has 0 saturated heterocycles. The zero-order chi connectivity index (χ0) is 10.6. The number of amides is 1. The number of nitrogens with one attached hydrogen (secondary N) is 1. The van der Waals surface area contributed by atoms with Gasteiger partial charge in [0, 0.05) is 4.47 Å². The third-order valence-corrected chi connectivity index (χ3v) is 2.41. The second-order valence-corrected chi connectivity index (χ2v) is 3.72. The first-order chi connectivity index (χ1) is 6.65. The minimum atomic E-state index is -0.154. The molecule has 0 aliphatic rings. The van der Waals surface area contributed by atoms with E-state index in [0.717, 1.165) is 10.0 Å². The van der Waals surface area contributed by atoms with Gasteiger partial charge in [0.15, 0.2) is 0 Å². The fourth-order valence-corrected chi connectivity index (χ4v) is 1.47. The van der Waals surface area contributed by atoms with E-state index in [1.54, 1.807) is 0 Å². The van der Waals surface area contributed by atoms with E-state index in [2.05, 4.69) is 27.2 Å². The molecule has 1 aromatic carbocycles. The number of hydrogen-bond acceptors (Lipinski definition) is 1. The first-order valence-corrected chi connectivity index (χ1v) is 4.92. The van der Waals surface area contributed by atoms with Crippen LogP contribution in [0.2, 0.25) is 0 Å². The number of carbonyl (C=O) groups excluding carboxylic acids is 1. The Morgan fingerprint density at radius 3 is 3.00 bits per heavy atom. The SMILES string of the molecule is C#CCNC(=O)c1cc(C)ccc1Br. The van der Waals surface area contributed by atoms with Crippen LogP contribution in [0, 0.1) is 19.3 Å². The van der Waals surface area contributed by atoms with Gasteiger partial charge in [0.2, 0.25) is 0 Å². The van der Waals surface area contributed by atoms with Crippen LogP contribution >= 0.6 is 15.9 Å². The molecule has 72 valence electrons. The van der Waals surface area contributed by atoms with Crippen LogP contribution in [-0.4, -0.2) is 12.5 Å². The van der Waals surface area contributed by atoms with Gasteiger partial charge in [-0.05, 0) is 35.0 Å². The summed E-state index contributed by atoms with van der Waals surface area (Å²) in [4.78, 5) is 11.5. The van der Waals surface area contributed by atoms with E-state index in [9.17, 15) is 4.79 Å². The van der Waals surface area contributed by atoms with Crippen LogP contribution in [0.1, 0.15) is 15.9 Å². The molecule has 1 aromatic rings. The molecule has 0 aliphatic carbocycles. The molecular weight excluding hydrogens is 242 g/mol. The lowest BCUT2D eigenvalue weighted by Gasteiger charge is -2.04. The van der Waals surface area contributed by atoms with Gasteiger partial charge in [-0.1, -0.05) is 17.6 Å². The number of benzene rings is 1. The Hall–Kier alpha value is -1.27. The number of carbonyl (C=O) groups is 1. The van der Waals surface area contributed by atoms with Crippen LogP contribution < -0.4 is 5.32 Å². The lowest BCUT2D eigenvalue weighted by molar-refractivity contribution is 0.0958. The van der Waals surface area contributed by atoms with Crippen molar-refractivity contribution in [3.05, 3.63) is 33.8 Å². The van der Waals surface area contributed by atoms with Crippen LogP contribution in [0.3, 0.4) is 0 Å². The number of hydrogen-bond donors (Lipinski definition) is 1. The molecule has 0 fully saturated rings. The van der Waals surface area contributed by atoms with E-state index >= 15 is 0 Å². The van der Waals surface area contributed by atoms with E-state index in [0.29, 0.717) is 5.56 Å². The van der Waals surface area contributed by atoms with Gasteiger partial charge in [-0.15, -0.1) is 6.42 Å². The lowest BCUT2D eigenvalue weighted by Crippen LogP contribution is -2.23. The fraction of sp³-hybridized carbons (Fsp3) is 0.182. The topological polar surface area (TPSA) is 29.1 Å². The van der Waals surface area contributed by atoms with Gasteiger partial charge < -0.3 is 5.32 Å². The van der Waals surface area contributed by atoms with Crippen molar-refractivity contribution in [3.63, 3.8) is 0 Å². The quantitative estimate of drug-likeness (QED) is 0.802. The third kappa shape index (κ3) is 2.61. The van der Waals surface area contributed by atoms with Gasteiger partial charge in [0.25, 0.3) is 5.91 Å². The van der Waals surface area contributed by atoms with Crippen LogP contribution in [-0.2, 0) is 0 Å². The molecule has 2 nitrogen and oxygen atoms in total. The Morgan fingerprint density at radius 1 is 1.64 bits per heavy atom. The monoisotopic (exact) mass is 251 g/mol. The van der Waals surface area contributed by atoms with Crippen LogP contribution in [0.25, 0.3) is 0 Å². The third-order valence-electron chi connectivity index (χ3n) is 1.72. The van der Waals surface area contributed by atoms with Crippen LogP contribution in [0.4, 0.5) is 0 Å². The highest BCUT2D eigenvalue weighted by Gasteiger charge is 2.08. The van der Waals surface area contributed by atoms with Crippen molar-refractivity contribution < 1.29 is 4.79 Å². The summed E-state index contributed by atoms with van der Waals surface area (Å²) in [5, 5.41) is 2.61. The van der Waals surface area contributed by atoms with Crippen molar-refractivity contribution >= 4 is 21.8 Å². The summed E-state index contributed by atoms with van der Waals surface area (Å²) in [6.07, 6.45) is 5.05. The molecule has 0 saturated carbocycles. The molecular formula is C11H10BrNO. The summed E-state index contributed by atoms with van der Waals surface area (Å²) in [6.45, 7) is 2.18. The molecule has 14 heavy (non-hydrogen) atoms. The average Bonchev–Trinajstić information content (AvgIpc) is 2.18. The predicted octanol–water partition coefficient (Wildman–Crippen LogP) is 2.12. The normalized spacial score (nSPS) is 9.21. The maximum Gasteiger partial charge on any atom is 0.253 e. The largest absolute Gasteiger partial charge is 0.341 e. The smallest absolute Gasteiger partial charge is 0.253 e. The highest BCUT2D eigenvalue weighted by atomic mass is 79.9. The van der Waals surface area contributed by atoms with Crippen LogP contribution in [0.15, 0.2) is 22.7 Å². The maximum atomic E-state index is 11.5. The van der Waals surface area contributed by atoms with Gasteiger partial charge in [-0.2, -0.15) is 0 Å². The van der Waals surface area contributed by atoms with Gasteiger partial charge in [-0.3, -0.25) is 4.79 Å². The number of terminal acetylenes is 1. The van der Waals surface area contributed by atoms with E-state index in [1.807, 2.05) is 25.1 Å². The first-order valence-electron chi connectivity index (χ1n) is 4.13. The van der Waals surface area contributed by atoms with Crippen LogP contribution in [0.5, 0.6) is 0 Å². The molecule has 1 N–H and O–H groups in total. The summed E-state index contributed by atoms with van der Waals surface area (Å²) < 4.78 is 0.776.